The normalized spacial score (nSPS) is 13.3. The number of nitrogens with zero attached hydrogens (tertiary/aromatic N) is 2. The SMILES string of the molecule is C=S(C)(=O)c1ccc(Nc2ncc(-c3ccc(NS(=O)c4cccc(Cl)c4Cl)cc3)c(N[C@H](C)CO)n2)cc1.CCOC(C)=O. The number of rotatable bonds is 11. The second-order valence-corrected chi connectivity index (χ2v) is 14.2. The highest BCUT2D eigenvalue weighted by Gasteiger charge is 2.14. The monoisotopic (exact) mass is 691 g/mol. The number of carbonyl (C=O) groups excluding carboxylic acids is 1. The molecule has 4 aromatic rings. The molecule has 0 aliphatic rings. The second-order valence-electron chi connectivity index (χ2n) is 9.76. The number of ether oxygens (including phenoxy) is 1. The Labute approximate surface area is 276 Å². The van der Waals surface area contributed by atoms with Crippen LogP contribution in [0.2, 0.25) is 10.0 Å². The van der Waals surface area contributed by atoms with Crippen LogP contribution in [0.15, 0.2) is 82.7 Å². The number of benzene rings is 3. The number of halogens is 2. The predicted molar refractivity (Wildman–Crippen MR) is 186 cm³/mol. The third kappa shape index (κ3) is 10.7. The molecule has 1 heterocycles. The fourth-order valence-electron chi connectivity index (χ4n) is 3.71. The number of aliphatic hydroxyl groups excluding tert-OH is 1. The molecule has 3 atom stereocenters. The fourth-order valence-corrected chi connectivity index (χ4v) is 5.92. The van der Waals surface area contributed by atoms with Gasteiger partial charge in [-0.25, -0.2) is 9.19 Å². The van der Waals surface area contributed by atoms with Crippen molar-refractivity contribution in [2.24, 2.45) is 0 Å². The number of anilines is 4. The van der Waals surface area contributed by atoms with Crippen molar-refractivity contribution < 1.29 is 23.1 Å². The third-order valence-corrected chi connectivity index (χ3v) is 9.29. The van der Waals surface area contributed by atoms with Crippen LogP contribution in [0, 0.1) is 0 Å². The largest absolute Gasteiger partial charge is 0.466 e. The van der Waals surface area contributed by atoms with Crippen molar-refractivity contribution in [1.29, 1.82) is 0 Å². The first-order chi connectivity index (χ1) is 21.3. The molecule has 0 amide bonds. The minimum absolute atomic E-state index is 0.0875. The molecule has 4 N–H and O–H groups in total. The van der Waals surface area contributed by atoms with Crippen LogP contribution in [0.3, 0.4) is 0 Å². The number of hydrogen-bond donors (Lipinski definition) is 4. The summed E-state index contributed by atoms with van der Waals surface area (Å²) in [6, 6.07) is 19.1. The summed E-state index contributed by atoms with van der Waals surface area (Å²) in [6.45, 7) is 5.40. The first kappa shape index (κ1) is 35.8. The van der Waals surface area contributed by atoms with E-state index in [1.165, 1.54) is 6.92 Å². The lowest BCUT2D eigenvalue weighted by atomic mass is 10.1. The number of nitrogens with one attached hydrogen (secondary N) is 3. The topological polar surface area (TPSA) is 143 Å². The van der Waals surface area contributed by atoms with Crippen molar-refractivity contribution in [3.63, 3.8) is 0 Å². The molecule has 3 aromatic carbocycles. The van der Waals surface area contributed by atoms with E-state index in [0.717, 1.165) is 11.3 Å². The molecule has 1 aromatic heterocycles. The fraction of sp³-hybridized carbons (Fsp3) is 0.226. The van der Waals surface area contributed by atoms with Gasteiger partial charge in [-0.1, -0.05) is 41.4 Å². The maximum Gasteiger partial charge on any atom is 0.302 e. The average molecular weight is 693 g/mol. The van der Waals surface area contributed by atoms with E-state index < -0.39 is 20.5 Å². The molecule has 4 rings (SSSR count). The van der Waals surface area contributed by atoms with Crippen molar-refractivity contribution >= 4 is 78.7 Å². The highest BCUT2D eigenvalue weighted by Crippen LogP contribution is 2.31. The number of esters is 1. The van der Waals surface area contributed by atoms with E-state index >= 15 is 0 Å². The second kappa shape index (κ2) is 16.6. The van der Waals surface area contributed by atoms with E-state index in [-0.39, 0.29) is 23.6 Å². The van der Waals surface area contributed by atoms with Crippen molar-refractivity contribution in [2.75, 3.05) is 34.8 Å². The number of aromatic nitrogens is 2. The van der Waals surface area contributed by atoms with Crippen LogP contribution < -0.4 is 15.4 Å². The van der Waals surface area contributed by atoms with Gasteiger partial charge in [0.15, 0.2) is 11.0 Å². The van der Waals surface area contributed by atoms with Crippen molar-refractivity contribution in [2.45, 2.75) is 36.6 Å². The molecular formula is C31H35Cl2N5O5S2. The van der Waals surface area contributed by atoms with Crippen molar-refractivity contribution in [1.82, 2.24) is 9.97 Å². The molecule has 10 nitrogen and oxygen atoms in total. The van der Waals surface area contributed by atoms with Gasteiger partial charge < -0.3 is 25.2 Å². The zero-order valence-electron chi connectivity index (χ0n) is 25.2. The van der Waals surface area contributed by atoms with Crippen LogP contribution in [0.5, 0.6) is 0 Å². The lowest BCUT2D eigenvalue weighted by molar-refractivity contribution is -0.140. The quantitative estimate of drug-likeness (QED) is 0.104. The van der Waals surface area contributed by atoms with Gasteiger partial charge in [0.1, 0.15) is 5.82 Å². The van der Waals surface area contributed by atoms with Gasteiger partial charge in [0.25, 0.3) is 0 Å². The lowest BCUT2D eigenvalue weighted by Crippen LogP contribution is -2.21. The van der Waals surface area contributed by atoms with Gasteiger partial charge in [-0.2, -0.15) is 4.98 Å². The standard InChI is InChI=1S/C27H27Cl2N5O3S2.C4H8O2/c1-17(16-35)31-26-22(15-30-27(33-26)32-19-11-13-21(14-12-19)39(2,3)37)18-7-9-20(10-8-18)34-38(36)24-6-4-5-23(28)25(24)29;1-3-6-4(2)5/h4-15,17,34-35H,2,16H2,1,3H3,(H2,30,31,32,33);3H2,1-2H3/t17-,38?,39?;/m1./s1. The molecule has 0 bridgehead atoms. The van der Waals surface area contributed by atoms with Crippen LogP contribution in [-0.4, -0.2) is 60.8 Å². The number of hydrogen-bond acceptors (Lipinski definition) is 9. The van der Waals surface area contributed by atoms with Crippen LogP contribution in [-0.2, 0) is 30.0 Å². The molecule has 2 unspecified atom stereocenters. The molecule has 0 aliphatic heterocycles. The summed E-state index contributed by atoms with van der Waals surface area (Å²) in [5.41, 5.74) is 2.86. The molecule has 0 spiro atoms. The zero-order chi connectivity index (χ0) is 33.1. The maximum absolute atomic E-state index is 12.8. The Balaban J connectivity index is 0.000000838. The Morgan fingerprint density at radius 3 is 2.29 bits per heavy atom. The van der Waals surface area contributed by atoms with E-state index in [0.29, 0.717) is 44.4 Å². The Morgan fingerprint density at radius 1 is 1.09 bits per heavy atom. The number of aliphatic hydroxyl groups is 1. The van der Waals surface area contributed by atoms with Gasteiger partial charge >= 0.3 is 5.97 Å². The molecular weight excluding hydrogens is 657 g/mol. The van der Waals surface area contributed by atoms with E-state index in [1.807, 2.05) is 19.1 Å². The van der Waals surface area contributed by atoms with Gasteiger partial charge in [0, 0.05) is 47.3 Å². The third-order valence-electron chi connectivity index (χ3n) is 5.92. The molecule has 0 saturated heterocycles. The highest BCUT2D eigenvalue weighted by atomic mass is 35.5. The van der Waals surface area contributed by atoms with Crippen LogP contribution in [0.1, 0.15) is 20.8 Å². The number of carbonyl (C=O) groups is 1. The summed E-state index contributed by atoms with van der Waals surface area (Å²) in [7, 11) is -3.91. The highest BCUT2D eigenvalue weighted by molar-refractivity contribution is 7.99. The van der Waals surface area contributed by atoms with E-state index in [1.54, 1.807) is 74.0 Å². The van der Waals surface area contributed by atoms with E-state index in [9.17, 15) is 18.3 Å². The smallest absolute Gasteiger partial charge is 0.302 e. The summed E-state index contributed by atoms with van der Waals surface area (Å²) >= 11 is 12.2. The average Bonchev–Trinajstić information content (AvgIpc) is 2.99. The summed E-state index contributed by atoms with van der Waals surface area (Å²) in [6.07, 6.45) is 3.27. The first-order valence-corrected chi connectivity index (χ1v) is 17.7. The zero-order valence-corrected chi connectivity index (χ0v) is 28.3. The summed E-state index contributed by atoms with van der Waals surface area (Å²) in [4.78, 5) is 19.9. The van der Waals surface area contributed by atoms with Crippen molar-refractivity contribution in [3.05, 3.63) is 83.0 Å². The van der Waals surface area contributed by atoms with Crippen LogP contribution >= 0.6 is 23.2 Å². The van der Waals surface area contributed by atoms with Gasteiger partial charge in [-0.15, -0.1) is 0 Å². The van der Waals surface area contributed by atoms with Crippen LogP contribution in [0.25, 0.3) is 11.1 Å². The van der Waals surface area contributed by atoms with Gasteiger partial charge in [0.2, 0.25) is 5.95 Å². The molecule has 14 heteroatoms. The molecule has 0 saturated carbocycles. The van der Waals surface area contributed by atoms with Gasteiger partial charge in [-0.3, -0.25) is 9.00 Å². The molecule has 240 valence electrons. The Kier molecular flexibility index (Phi) is 13.2. The Hall–Kier alpha value is -3.68. The van der Waals surface area contributed by atoms with Crippen LogP contribution in [0.4, 0.5) is 23.1 Å². The Morgan fingerprint density at radius 2 is 1.73 bits per heavy atom. The predicted octanol–water partition coefficient (Wildman–Crippen LogP) is 6.40. The molecule has 45 heavy (non-hydrogen) atoms. The molecule has 0 fully saturated rings. The molecule has 0 aliphatic carbocycles. The minimum Gasteiger partial charge on any atom is -0.466 e. The summed E-state index contributed by atoms with van der Waals surface area (Å²) < 4.78 is 32.3. The maximum atomic E-state index is 12.8. The molecule has 0 radical (unpaired) electrons. The van der Waals surface area contributed by atoms with E-state index in [4.69, 9.17) is 23.2 Å². The lowest BCUT2D eigenvalue weighted by Gasteiger charge is -2.17. The summed E-state index contributed by atoms with van der Waals surface area (Å²) in [5, 5.41) is 16.5. The van der Waals surface area contributed by atoms with Crippen molar-refractivity contribution in [3.8, 4) is 11.1 Å². The minimum atomic E-state index is -2.30. The summed E-state index contributed by atoms with van der Waals surface area (Å²) in [5.74, 6) is 4.36. The van der Waals surface area contributed by atoms with E-state index in [2.05, 4.69) is 35.9 Å². The Bertz CT molecular complexity index is 1740. The van der Waals surface area contributed by atoms with Gasteiger partial charge in [0.05, 0.1) is 28.2 Å². The van der Waals surface area contributed by atoms with Gasteiger partial charge in [-0.05, 0) is 83.3 Å². The first-order valence-electron chi connectivity index (χ1n) is 13.6.